The van der Waals surface area contributed by atoms with Crippen molar-refractivity contribution in [2.24, 2.45) is 7.05 Å². The molecular weight excluding hydrogens is 401 g/mol. The number of benzene rings is 2. The van der Waals surface area contributed by atoms with E-state index in [0.717, 1.165) is 5.56 Å². The van der Waals surface area contributed by atoms with Crippen molar-refractivity contribution in [2.45, 2.75) is 6.04 Å². The first-order valence-corrected chi connectivity index (χ1v) is 9.14. The van der Waals surface area contributed by atoms with Crippen LogP contribution < -0.4 is 14.8 Å². The Morgan fingerprint density at radius 3 is 2.29 bits per heavy atom. The van der Waals surface area contributed by atoms with Gasteiger partial charge in [0.1, 0.15) is 23.4 Å². The minimum atomic E-state index is -0.536. The van der Waals surface area contributed by atoms with Crippen molar-refractivity contribution in [1.82, 2.24) is 14.9 Å². The van der Waals surface area contributed by atoms with Gasteiger partial charge in [-0.15, -0.1) is 0 Å². The van der Waals surface area contributed by atoms with Gasteiger partial charge < -0.3 is 19.4 Å². The third-order valence-electron chi connectivity index (χ3n) is 4.28. The molecule has 1 atom stereocenters. The molecule has 0 saturated carbocycles. The zero-order valence-electron chi connectivity index (χ0n) is 15.6. The molecule has 3 rings (SSSR count). The van der Waals surface area contributed by atoms with Crippen LogP contribution in [0.1, 0.15) is 27.8 Å². The molecule has 1 aromatic heterocycles. The van der Waals surface area contributed by atoms with Gasteiger partial charge in [-0.1, -0.05) is 23.2 Å². The highest BCUT2D eigenvalue weighted by Gasteiger charge is 2.23. The van der Waals surface area contributed by atoms with Crippen LogP contribution in [0.4, 0.5) is 0 Å². The molecule has 2 aromatic carbocycles. The lowest BCUT2D eigenvalue weighted by molar-refractivity contribution is 0.0941. The molecule has 0 aliphatic heterocycles. The Kier molecular flexibility index (Phi) is 6.11. The number of hydrogen-bond acceptors (Lipinski definition) is 4. The van der Waals surface area contributed by atoms with Crippen molar-refractivity contribution in [3.05, 3.63) is 75.8 Å². The summed E-state index contributed by atoms with van der Waals surface area (Å²) >= 11 is 12.0. The number of methoxy groups -OCH3 is 2. The molecule has 0 saturated heterocycles. The lowest BCUT2D eigenvalue weighted by Crippen LogP contribution is -2.31. The summed E-state index contributed by atoms with van der Waals surface area (Å²) < 4.78 is 12.6. The van der Waals surface area contributed by atoms with Crippen molar-refractivity contribution in [3.8, 4) is 11.5 Å². The largest absolute Gasteiger partial charge is 0.497 e. The molecule has 146 valence electrons. The average molecular weight is 420 g/mol. The van der Waals surface area contributed by atoms with Crippen LogP contribution in [0.15, 0.2) is 48.8 Å². The highest BCUT2D eigenvalue weighted by atomic mass is 35.5. The summed E-state index contributed by atoms with van der Waals surface area (Å²) in [6.45, 7) is 0. The Hall–Kier alpha value is -2.70. The topological polar surface area (TPSA) is 65.4 Å². The van der Waals surface area contributed by atoms with Gasteiger partial charge in [0.2, 0.25) is 0 Å². The Morgan fingerprint density at radius 1 is 1.07 bits per heavy atom. The second kappa shape index (κ2) is 8.54. The second-order valence-electron chi connectivity index (χ2n) is 6.08. The Balaban J connectivity index is 2.02. The molecule has 0 spiro atoms. The van der Waals surface area contributed by atoms with Crippen molar-refractivity contribution in [2.75, 3.05) is 14.2 Å². The van der Waals surface area contributed by atoms with Gasteiger partial charge in [-0.05, 0) is 35.9 Å². The molecule has 0 fully saturated rings. The summed E-state index contributed by atoms with van der Waals surface area (Å²) in [6.07, 6.45) is 3.48. The molecular formula is C20H19Cl2N3O3. The number of carbonyl (C=O) groups is 1. The third kappa shape index (κ3) is 4.24. The standard InChI is InChI=1S/C20H19Cl2N3O3/c1-25-7-6-23-19(25)18(13-8-14(27-2)11-15(9-13)28-3)24-20(26)12-4-5-16(21)17(22)10-12/h4-11,18H,1-3H3,(H,24,26). The van der Waals surface area contributed by atoms with Gasteiger partial charge in [0.15, 0.2) is 0 Å². The van der Waals surface area contributed by atoms with Crippen LogP contribution in [0.2, 0.25) is 10.0 Å². The molecule has 1 heterocycles. The van der Waals surface area contributed by atoms with Crippen LogP contribution >= 0.6 is 23.2 Å². The maximum atomic E-state index is 12.9. The van der Waals surface area contributed by atoms with Crippen LogP contribution in [0.3, 0.4) is 0 Å². The zero-order valence-corrected chi connectivity index (χ0v) is 17.1. The fourth-order valence-corrected chi connectivity index (χ4v) is 3.10. The van der Waals surface area contributed by atoms with Crippen molar-refractivity contribution < 1.29 is 14.3 Å². The quantitative estimate of drug-likeness (QED) is 0.647. The molecule has 8 heteroatoms. The smallest absolute Gasteiger partial charge is 0.252 e. The lowest BCUT2D eigenvalue weighted by Gasteiger charge is -2.20. The number of aryl methyl sites for hydroxylation is 1. The fourth-order valence-electron chi connectivity index (χ4n) is 2.80. The zero-order chi connectivity index (χ0) is 20.3. The molecule has 6 nitrogen and oxygen atoms in total. The Bertz CT molecular complexity index is 982. The van der Waals surface area contributed by atoms with E-state index in [1.54, 1.807) is 38.6 Å². The first kappa shape index (κ1) is 20.0. The van der Waals surface area contributed by atoms with Gasteiger partial charge in [-0.25, -0.2) is 4.98 Å². The summed E-state index contributed by atoms with van der Waals surface area (Å²) in [7, 11) is 5.00. The lowest BCUT2D eigenvalue weighted by atomic mass is 10.0. The van der Waals surface area contributed by atoms with Gasteiger partial charge in [0.05, 0.1) is 24.3 Å². The minimum Gasteiger partial charge on any atom is -0.497 e. The van der Waals surface area contributed by atoms with Gasteiger partial charge >= 0.3 is 0 Å². The van der Waals surface area contributed by atoms with Gasteiger partial charge in [0.25, 0.3) is 5.91 Å². The normalized spacial score (nSPS) is 11.8. The monoisotopic (exact) mass is 419 g/mol. The molecule has 0 aliphatic rings. The predicted octanol–water partition coefficient (Wildman–Crippen LogP) is 4.26. The summed E-state index contributed by atoms with van der Waals surface area (Å²) in [6, 6.07) is 9.62. The highest BCUT2D eigenvalue weighted by molar-refractivity contribution is 6.42. The van der Waals surface area contributed by atoms with E-state index in [-0.39, 0.29) is 5.91 Å². The fraction of sp³-hybridized carbons (Fsp3) is 0.200. The molecule has 0 bridgehead atoms. The van der Waals surface area contributed by atoms with Crippen LogP contribution in [-0.4, -0.2) is 29.7 Å². The van der Waals surface area contributed by atoms with Gasteiger partial charge in [-0.2, -0.15) is 0 Å². The number of aromatic nitrogens is 2. The third-order valence-corrected chi connectivity index (χ3v) is 5.02. The number of nitrogens with zero attached hydrogens (tertiary/aromatic N) is 2. The second-order valence-corrected chi connectivity index (χ2v) is 6.89. The first-order chi connectivity index (χ1) is 13.4. The first-order valence-electron chi connectivity index (χ1n) is 8.39. The molecule has 1 unspecified atom stereocenters. The van der Waals surface area contributed by atoms with Crippen LogP contribution in [0.5, 0.6) is 11.5 Å². The van der Waals surface area contributed by atoms with E-state index in [9.17, 15) is 4.79 Å². The Morgan fingerprint density at radius 2 is 1.75 bits per heavy atom. The SMILES string of the molecule is COc1cc(OC)cc(C(NC(=O)c2ccc(Cl)c(Cl)c2)c2nccn2C)c1. The number of halogens is 2. The molecule has 1 amide bonds. The maximum absolute atomic E-state index is 12.9. The summed E-state index contributed by atoms with van der Waals surface area (Å²) in [4.78, 5) is 17.3. The molecule has 0 radical (unpaired) electrons. The predicted molar refractivity (Wildman–Crippen MR) is 109 cm³/mol. The van der Waals surface area contributed by atoms with Crippen LogP contribution in [0, 0.1) is 0 Å². The molecule has 28 heavy (non-hydrogen) atoms. The summed E-state index contributed by atoms with van der Waals surface area (Å²) in [5, 5.41) is 3.70. The van der Waals surface area contributed by atoms with Gasteiger partial charge in [0, 0.05) is 31.1 Å². The van der Waals surface area contributed by atoms with Crippen molar-refractivity contribution in [3.63, 3.8) is 0 Å². The van der Waals surface area contributed by atoms with E-state index < -0.39 is 6.04 Å². The molecule has 0 aliphatic carbocycles. The number of hydrogen-bond donors (Lipinski definition) is 1. The number of imidazole rings is 1. The molecule has 1 N–H and O–H groups in total. The number of amides is 1. The average Bonchev–Trinajstić information content (AvgIpc) is 3.13. The van der Waals surface area contributed by atoms with E-state index in [4.69, 9.17) is 32.7 Å². The minimum absolute atomic E-state index is 0.311. The van der Waals surface area contributed by atoms with Crippen LogP contribution in [-0.2, 0) is 7.05 Å². The van der Waals surface area contributed by atoms with E-state index in [2.05, 4.69) is 10.3 Å². The van der Waals surface area contributed by atoms with Crippen molar-refractivity contribution >= 4 is 29.1 Å². The Labute approximate surface area is 173 Å². The summed E-state index contributed by atoms with van der Waals surface area (Å²) in [5.74, 6) is 1.56. The number of nitrogens with one attached hydrogen (secondary N) is 1. The van der Waals surface area contributed by atoms with Crippen LogP contribution in [0.25, 0.3) is 0 Å². The van der Waals surface area contributed by atoms with E-state index in [0.29, 0.717) is 32.9 Å². The summed E-state index contributed by atoms with van der Waals surface area (Å²) in [5.41, 5.74) is 1.15. The number of rotatable bonds is 6. The molecule has 3 aromatic rings. The number of carbonyl (C=O) groups excluding carboxylic acids is 1. The van der Waals surface area contributed by atoms with E-state index >= 15 is 0 Å². The highest BCUT2D eigenvalue weighted by Crippen LogP contribution is 2.30. The van der Waals surface area contributed by atoms with E-state index in [1.165, 1.54) is 6.07 Å². The van der Waals surface area contributed by atoms with E-state index in [1.807, 2.05) is 29.9 Å². The number of ether oxygens (including phenoxy) is 2. The van der Waals surface area contributed by atoms with Gasteiger partial charge in [-0.3, -0.25) is 4.79 Å². The maximum Gasteiger partial charge on any atom is 0.252 e. The van der Waals surface area contributed by atoms with Crippen molar-refractivity contribution in [1.29, 1.82) is 0 Å².